The van der Waals surface area contributed by atoms with Crippen molar-refractivity contribution in [2.45, 2.75) is 56.5 Å². The number of carbonyl (C=O) groups is 1. The third-order valence-corrected chi connectivity index (χ3v) is 5.58. The van der Waals surface area contributed by atoms with E-state index in [4.69, 9.17) is 9.73 Å². The predicted octanol–water partition coefficient (Wildman–Crippen LogP) is 3.38. The molecule has 4 rings (SSSR count). The van der Waals surface area contributed by atoms with E-state index in [1.165, 1.54) is 18.4 Å². The molecular weight excluding hydrogens is 300 g/mol. The minimum Gasteiger partial charge on any atom is -0.497 e. The Morgan fingerprint density at radius 1 is 1.12 bits per heavy atom. The number of ether oxygens (including phenoxy) is 1. The van der Waals surface area contributed by atoms with E-state index in [-0.39, 0.29) is 11.7 Å². The van der Waals surface area contributed by atoms with Crippen LogP contribution in [0.25, 0.3) is 0 Å². The number of ketones is 1. The maximum absolute atomic E-state index is 12.7. The number of Topliss-reactive ketones (excluding diaryl/α,β-unsaturated/α-hetero) is 1. The van der Waals surface area contributed by atoms with Gasteiger partial charge < -0.3 is 10.1 Å². The molecule has 3 atom stereocenters. The van der Waals surface area contributed by atoms with E-state index in [0.29, 0.717) is 18.5 Å². The molecule has 0 radical (unpaired) electrons. The fourth-order valence-electron chi connectivity index (χ4n) is 4.18. The summed E-state index contributed by atoms with van der Waals surface area (Å²) in [5.74, 6) is 1.31. The zero-order valence-electron chi connectivity index (χ0n) is 14.1. The van der Waals surface area contributed by atoms with Gasteiger partial charge >= 0.3 is 0 Å². The second-order valence-corrected chi connectivity index (χ2v) is 7.07. The van der Waals surface area contributed by atoms with E-state index in [0.717, 1.165) is 36.3 Å². The number of rotatable bonds is 2. The summed E-state index contributed by atoms with van der Waals surface area (Å²) in [6.07, 6.45) is 8.09. The fourth-order valence-corrected chi connectivity index (χ4v) is 4.18. The first-order chi connectivity index (χ1) is 11.7. The molecule has 0 unspecified atom stereocenters. The molecule has 4 nitrogen and oxygen atoms in total. The molecule has 0 bridgehead atoms. The normalized spacial score (nSPS) is 29.4. The van der Waals surface area contributed by atoms with Gasteiger partial charge in [0.1, 0.15) is 5.75 Å². The average Bonchev–Trinajstić information content (AvgIpc) is 2.81. The number of nitrogens with one attached hydrogen (secondary N) is 1. The number of carbonyl (C=O) groups excluding carboxylic acids is 1. The number of methoxy groups -OCH3 is 1. The zero-order valence-corrected chi connectivity index (χ0v) is 14.1. The molecule has 0 spiro atoms. The van der Waals surface area contributed by atoms with Crippen molar-refractivity contribution in [1.29, 1.82) is 0 Å². The molecule has 126 valence electrons. The minimum absolute atomic E-state index is 0.215. The Kier molecular flexibility index (Phi) is 4.13. The quantitative estimate of drug-likeness (QED) is 0.907. The van der Waals surface area contributed by atoms with Gasteiger partial charge in [-0.3, -0.25) is 9.79 Å². The molecule has 3 aliphatic rings. The van der Waals surface area contributed by atoms with Crippen molar-refractivity contribution in [3.05, 3.63) is 41.1 Å². The highest BCUT2D eigenvalue weighted by Gasteiger charge is 2.33. The van der Waals surface area contributed by atoms with Crippen LogP contribution in [0, 0.1) is 0 Å². The highest BCUT2D eigenvalue weighted by atomic mass is 16.5. The third-order valence-electron chi connectivity index (χ3n) is 5.58. The molecule has 0 amide bonds. The first-order valence-electron chi connectivity index (χ1n) is 8.94. The minimum atomic E-state index is 0.215. The van der Waals surface area contributed by atoms with Crippen molar-refractivity contribution >= 4 is 12.0 Å². The summed E-state index contributed by atoms with van der Waals surface area (Å²) in [7, 11) is 1.67. The van der Waals surface area contributed by atoms with Crippen LogP contribution in [-0.2, 0) is 4.79 Å². The van der Waals surface area contributed by atoms with Crippen LogP contribution < -0.4 is 10.1 Å². The standard InChI is InChI=1S/C20H24N2O2/c1-24-15-8-6-13(7-9-15)14-10-19-16(20(23)11-14)12-21-17-4-2-3-5-18(17)22-19/h6-9,12,14,17-18,22H,2-5,10-11H2,1H3/t14-,17-,18+/m1/s1. The fraction of sp³-hybridized carbons (Fsp3) is 0.500. The number of allylic oxidation sites excluding steroid dienone is 2. The number of nitrogens with zero attached hydrogens (tertiary/aromatic N) is 1. The number of fused-ring (bicyclic) bond motifs is 1. The van der Waals surface area contributed by atoms with Gasteiger partial charge in [0, 0.05) is 24.4 Å². The van der Waals surface area contributed by atoms with Crippen LogP contribution in [0.1, 0.15) is 50.0 Å². The van der Waals surface area contributed by atoms with Crippen LogP contribution in [0.4, 0.5) is 0 Å². The summed E-state index contributed by atoms with van der Waals surface area (Å²) in [4.78, 5) is 17.4. The Morgan fingerprint density at radius 2 is 1.92 bits per heavy atom. The lowest BCUT2D eigenvalue weighted by Gasteiger charge is -2.32. The van der Waals surface area contributed by atoms with E-state index in [2.05, 4.69) is 17.4 Å². The molecule has 1 saturated carbocycles. The van der Waals surface area contributed by atoms with Crippen LogP contribution in [-0.4, -0.2) is 31.2 Å². The number of hydrogen-bond donors (Lipinski definition) is 1. The van der Waals surface area contributed by atoms with Crippen molar-refractivity contribution in [2.75, 3.05) is 7.11 Å². The molecule has 2 aliphatic carbocycles. The number of benzene rings is 1. The van der Waals surface area contributed by atoms with Crippen LogP contribution in [0.2, 0.25) is 0 Å². The molecular formula is C20H24N2O2. The zero-order chi connectivity index (χ0) is 16.5. The Labute approximate surface area is 143 Å². The molecule has 4 heteroatoms. The smallest absolute Gasteiger partial charge is 0.166 e. The Morgan fingerprint density at radius 3 is 2.71 bits per heavy atom. The predicted molar refractivity (Wildman–Crippen MR) is 94.7 cm³/mol. The van der Waals surface area contributed by atoms with Crippen LogP contribution in [0.15, 0.2) is 40.5 Å². The van der Waals surface area contributed by atoms with Crippen LogP contribution in [0.5, 0.6) is 5.75 Å². The highest BCUT2D eigenvalue weighted by Crippen LogP contribution is 2.36. The molecule has 1 aromatic carbocycles. The van der Waals surface area contributed by atoms with E-state index in [1.807, 2.05) is 18.3 Å². The Hall–Kier alpha value is -2.10. The van der Waals surface area contributed by atoms with Crippen molar-refractivity contribution < 1.29 is 9.53 Å². The van der Waals surface area contributed by atoms with E-state index in [1.54, 1.807) is 7.11 Å². The van der Waals surface area contributed by atoms with E-state index < -0.39 is 0 Å². The topological polar surface area (TPSA) is 50.7 Å². The first kappa shape index (κ1) is 15.4. The van der Waals surface area contributed by atoms with Crippen molar-refractivity contribution in [3.63, 3.8) is 0 Å². The first-order valence-corrected chi connectivity index (χ1v) is 8.94. The highest BCUT2D eigenvalue weighted by molar-refractivity contribution is 6.15. The molecule has 0 saturated heterocycles. The van der Waals surface area contributed by atoms with Crippen LogP contribution >= 0.6 is 0 Å². The van der Waals surface area contributed by atoms with Gasteiger partial charge in [-0.15, -0.1) is 0 Å². The van der Waals surface area contributed by atoms with Crippen LogP contribution in [0.3, 0.4) is 0 Å². The van der Waals surface area contributed by atoms with Gasteiger partial charge in [0.15, 0.2) is 5.78 Å². The summed E-state index contributed by atoms with van der Waals surface area (Å²) >= 11 is 0. The van der Waals surface area contributed by atoms with Gasteiger partial charge in [-0.1, -0.05) is 25.0 Å². The summed E-state index contributed by atoms with van der Waals surface area (Å²) in [6, 6.07) is 8.83. The summed E-state index contributed by atoms with van der Waals surface area (Å²) in [5, 5.41) is 3.68. The molecule has 24 heavy (non-hydrogen) atoms. The molecule has 0 aromatic heterocycles. The lowest BCUT2D eigenvalue weighted by Crippen LogP contribution is -2.41. The second-order valence-electron chi connectivity index (χ2n) is 7.07. The largest absolute Gasteiger partial charge is 0.497 e. The van der Waals surface area contributed by atoms with Gasteiger partial charge in [0.05, 0.1) is 18.7 Å². The van der Waals surface area contributed by atoms with Crippen molar-refractivity contribution in [1.82, 2.24) is 5.32 Å². The number of aliphatic imine (C=N–C) groups is 1. The van der Waals surface area contributed by atoms with E-state index >= 15 is 0 Å². The summed E-state index contributed by atoms with van der Waals surface area (Å²) in [5.41, 5.74) is 3.12. The van der Waals surface area contributed by atoms with Gasteiger partial charge in [0.2, 0.25) is 0 Å². The molecule has 1 N–H and O–H groups in total. The van der Waals surface area contributed by atoms with Gasteiger partial charge in [-0.05, 0) is 42.9 Å². The molecule has 1 aliphatic heterocycles. The van der Waals surface area contributed by atoms with Crippen molar-refractivity contribution in [2.24, 2.45) is 4.99 Å². The Balaban J connectivity index is 1.58. The maximum Gasteiger partial charge on any atom is 0.166 e. The average molecular weight is 324 g/mol. The second kappa shape index (κ2) is 6.42. The maximum atomic E-state index is 12.7. The number of hydrogen-bond acceptors (Lipinski definition) is 4. The lowest BCUT2D eigenvalue weighted by molar-refractivity contribution is -0.115. The SMILES string of the molecule is COc1ccc([C@H]2CC(=O)C3=C(C2)N[C@H]2CCCC[C@H]2N=C3)cc1. The molecule has 1 aromatic rings. The van der Waals surface area contributed by atoms with E-state index in [9.17, 15) is 4.79 Å². The lowest BCUT2D eigenvalue weighted by atomic mass is 9.81. The summed E-state index contributed by atoms with van der Waals surface area (Å²) in [6.45, 7) is 0. The van der Waals surface area contributed by atoms with Gasteiger partial charge in [0.25, 0.3) is 0 Å². The molecule has 1 heterocycles. The third kappa shape index (κ3) is 2.85. The van der Waals surface area contributed by atoms with Gasteiger partial charge in [-0.2, -0.15) is 0 Å². The summed E-state index contributed by atoms with van der Waals surface area (Å²) < 4.78 is 5.23. The van der Waals surface area contributed by atoms with Crippen molar-refractivity contribution in [3.8, 4) is 5.75 Å². The van der Waals surface area contributed by atoms with Gasteiger partial charge in [-0.25, -0.2) is 0 Å². The molecule has 1 fully saturated rings. The Bertz CT molecular complexity index is 690. The monoisotopic (exact) mass is 324 g/mol.